The van der Waals surface area contributed by atoms with Crippen LogP contribution in [0, 0.1) is 11.8 Å². The molecule has 0 spiro atoms. The Kier molecular flexibility index (Phi) is 5.46. The van der Waals surface area contributed by atoms with E-state index in [1.54, 1.807) is 12.1 Å². The van der Waals surface area contributed by atoms with E-state index in [-0.39, 0.29) is 12.4 Å². The number of aromatic hydroxyl groups is 1. The molecule has 8 heteroatoms. The molecule has 2 aliphatic rings. The number of nitrogens with two attached hydrogens (primary N) is 2. The van der Waals surface area contributed by atoms with Crippen molar-refractivity contribution in [3.63, 3.8) is 0 Å². The number of phenols is 1. The van der Waals surface area contributed by atoms with Gasteiger partial charge in [0.15, 0.2) is 12.0 Å². The molecule has 0 aliphatic carbocycles. The minimum absolute atomic E-state index is 0.102. The number of nitrogens with zero attached hydrogens (tertiary/aromatic N) is 4. The largest absolute Gasteiger partial charge is 0.507 e. The Morgan fingerprint density at radius 2 is 1.90 bits per heavy atom. The maximum absolute atomic E-state index is 10.4. The summed E-state index contributed by atoms with van der Waals surface area (Å²) in [6, 6.07) is 9.09. The number of aliphatic hydroxyl groups is 1. The Balaban J connectivity index is 1.46. The minimum Gasteiger partial charge on any atom is -0.507 e. The molecule has 1 aromatic carbocycles. The second kappa shape index (κ2) is 8.18. The maximum atomic E-state index is 10.4. The highest BCUT2D eigenvalue weighted by Crippen LogP contribution is 2.34. The van der Waals surface area contributed by atoms with Crippen LogP contribution in [0.1, 0.15) is 5.56 Å². The van der Waals surface area contributed by atoms with Crippen molar-refractivity contribution in [3.8, 4) is 17.0 Å². The van der Waals surface area contributed by atoms with Gasteiger partial charge < -0.3 is 25.7 Å². The molecule has 3 heterocycles. The van der Waals surface area contributed by atoms with E-state index in [4.69, 9.17) is 16.2 Å². The Morgan fingerprint density at radius 1 is 1.14 bits per heavy atom. The fourth-order valence-electron chi connectivity index (χ4n) is 4.41. The number of aliphatic hydroxyl groups excluding tert-OH is 1. The predicted octanol–water partition coefficient (Wildman–Crippen LogP) is -0.661. The van der Waals surface area contributed by atoms with Crippen molar-refractivity contribution in [2.75, 3.05) is 44.2 Å². The van der Waals surface area contributed by atoms with Crippen LogP contribution in [0.5, 0.6) is 5.75 Å². The van der Waals surface area contributed by atoms with Gasteiger partial charge in [-0.05, 0) is 41.7 Å². The van der Waals surface area contributed by atoms with Crippen LogP contribution in [0.3, 0.4) is 0 Å². The first-order chi connectivity index (χ1) is 14.1. The summed E-state index contributed by atoms with van der Waals surface area (Å²) in [5.74, 6) is 2.19. The summed E-state index contributed by atoms with van der Waals surface area (Å²) < 4.78 is 0. The monoisotopic (exact) mass is 395 g/mol. The smallest absolute Gasteiger partial charge is 0.169 e. The van der Waals surface area contributed by atoms with Gasteiger partial charge in [-0.25, -0.2) is 0 Å². The van der Waals surface area contributed by atoms with Crippen LogP contribution in [0.4, 0.5) is 5.82 Å². The van der Waals surface area contributed by atoms with E-state index in [9.17, 15) is 5.11 Å². The second-order valence-electron chi connectivity index (χ2n) is 7.71. The predicted molar refractivity (Wildman–Crippen MR) is 112 cm³/mol. The van der Waals surface area contributed by atoms with E-state index >= 15 is 0 Å². The number of rotatable bonds is 6. The Bertz CT molecular complexity index is 900. The van der Waals surface area contributed by atoms with Gasteiger partial charge in [0.2, 0.25) is 0 Å². The van der Waals surface area contributed by atoms with Gasteiger partial charge in [0.25, 0.3) is 0 Å². The average Bonchev–Trinajstić information content (AvgIpc) is 3.28. The van der Waals surface area contributed by atoms with Crippen molar-refractivity contribution in [2.24, 2.45) is 17.6 Å². The molecule has 1 aromatic heterocycles. The third-order valence-electron chi connectivity index (χ3n) is 5.92. The molecule has 2 aliphatic heterocycles. The Morgan fingerprint density at radius 3 is 2.45 bits per heavy atom. The standard InChI is InChI=1S/C21H26N6O2/c22-8-15(9-23)14-1-2-18(20(29)7-14)19-3-4-21(25-24-19)27-12-16-10-26(5-6-28)11-17(16)13-27/h1-4,7-9,16-17,22,28-29H,5-6,10-13,23H2/p+1/b15-9+,22-8?. The molecule has 2 saturated heterocycles. The lowest BCUT2D eigenvalue weighted by Crippen LogP contribution is -2.31. The Hall–Kier alpha value is -2.97. The van der Waals surface area contributed by atoms with Gasteiger partial charge in [0.1, 0.15) is 5.75 Å². The van der Waals surface area contributed by atoms with Gasteiger partial charge in [-0.2, -0.15) is 0 Å². The molecule has 0 amide bonds. The first-order valence-electron chi connectivity index (χ1n) is 9.85. The molecule has 0 bridgehead atoms. The summed E-state index contributed by atoms with van der Waals surface area (Å²) in [7, 11) is 0. The number of hydrogen-bond donors (Lipinski definition) is 4. The fourth-order valence-corrected chi connectivity index (χ4v) is 4.41. The zero-order valence-electron chi connectivity index (χ0n) is 16.3. The highest BCUT2D eigenvalue weighted by molar-refractivity contribution is 6.07. The summed E-state index contributed by atoms with van der Waals surface area (Å²) in [5, 5.41) is 33.8. The van der Waals surface area contributed by atoms with E-state index < -0.39 is 0 Å². The van der Waals surface area contributed by atoms with E-state index in [0.29, 0.717) is 28.7 Å². The number of phenolic OH excluding ortho intramolecular Hbond substituents is 1. The molecule has 6 N–H and O–H groups in total. The number of aromatic nitrogens is 2. The first-order valence-corrected chi connectivity index (χ1v) is 9.85. The van der Waals surface area contributed by atoms with E-state index in [1.807, 2.05) is 18.2 Å². The zero-order valence-corrected chi connectivity index (χ0v) is 16.3. The van der Waals surface area contributed by atoms with Gasteiger partial charge in [0.05, 0.1) is 17.9 Å². The number of fused-ring (bicyclic) bond motifs is 1. The van der Waals surface area contributed by atoms with Gasteiger partial charge in [-0.3, -0.25) is 5.41 Å². The van der Waals surface area contributed by atoms with Crippen molar-refractivity contribution in [1.82, 2.24) is 15.1 Å². The molecule has 29 heavy (non-hydrogen) atoms. The number of benzene rings is 1. The lowest BCUT2D eigenvalue weighted by Gasteiger charge is -2.21. The minimum atomic E-state index is 0.102. The Labute approximate surface area is 169 Å². The van der Waals surface area contributed by atoms with E-state index in [0.717, 1.165) is 44.1 Å². The quantitative estimate of drug-likeness (QED) is 0.479. The summed E-state index contributed by atoms with van der Waals surface area (Å²) in [5.41, 5.74) is 8.15. The molecule has 0 radical (unpaired) electrons. The van der Waals surface area contributed by atoms with Gasteiger partial charge in [0, 0.05) is 44.5 Å². The van der Waals surface area contributed by atoms with Crippen LogP contribution in [0.15, 0.2) is 36.5 Å². The molecule has 2 fully saturated rings. The molecule has 152 valence electrons. The van der Waals surface area contributed by atoms with Gasteiger partial charge >= 0.3 is 0 Å². The van der Waals surface area contributed by atoms with Crippen molar-refractivity contribution >= 4 is 17.6 Å². The summed E-state index contributed by atoms with van der Waals surface area (Å²) >= 11 is 0. The number of allylic oxidation sites excluding steroid dienone is 1. The molecule has 0 saturated carbocycles. The van der Waals surface area contributed by atoms with Crippen molar-refractivity contribution in [1.29, 1.82) is 0 Å². The molecule has 2 aromatic rings. The van der Waals surface area contributed by atoms with Gasteiger partial charge in [-0.15, -0.1) is 10.2 Å². The summed E-state index contributed by atoms with van der Waals surface area (Å²) in [6.45, 7) is 4.97. The van der Waals surface area contributed by atoms with Crippen molar-refractivity contribution in [2.45, 2.75) is 0 Å². The lowest BCUT2D eigenvalue weighted by molar-refractivity contribution is -0.103. The maximum Gasteiger partial charge on any atom is 0.169 e. The molecule has 4 rings (SSSR count). The van der Waals surface area contributed by atoms with Crippen LogP contribution in [-0.4, -0.2) is 70.9 Å². The topological polar surface area (TPSA) is 124 Å². The van der Waals surface area contributed by atoms with Gasteiger partial charge in [-0.1, -0.05) is 6.07 Å². The van der Waals surface area contributed by atoms with Crippen LogP contribution in [0.2, 0.25) is 0 Å². The molecule has 8 nitrogen and oxygen atoms in total. The second-order valence-corrected chi connectivity index (χ2v) is 7.71. The third-order valence-corrected chi connectivity index (χ3v) is 5.92. The normalized spacial score (nSPS) is 22.1. The first kappa shape index (κ1) is 19.4. The SMILES string of the molecule is N/C=C(\C=[NH2+])c1ccc(-c2ccc(N3CC4CN(CCO)CC4C3)nn2)c(O)c1. The lowest BCUT2D eigenvalue weighted by atomic mass is 10.0. The number of anilines is 1. The fraction of sp³-hybridized carbons (Fsp3) is 0.381. The highest BCUT2D eigenvalue weighted by atomic mass is 16.3. The van der Waals surface area contributed by atoms with Crippen LogP contribution >= 0.6 is 0 Å². The van der Waals surface area contributed by atoms with Crippen molar-refractivity contribution in [3.05, 3.63) is 42.1 Å². The third kappa shape index (κ3) is 3.81. The van der Waals surface area contributed by atoms with Crippen LogP contribution < -0.4 is 16.0 Å². The van der Waals surface area contributed by atoms with Crippen LogP contribution in [0.25, 0.3) is 16.8 Å². The summed E-state index contributed by atoms with van der Waals surface area (Å²) in [6.07, 6.45) is 2.80. The number of hydrogen-bond acceptors (Lipinski definition) is 7. The van der Waals surface area contributed by atoms with E-state index in [1.165, 1.54) is 12.4 Å². The van der Waals surface area contributed by atoms with E-state index in [2.05, 4.69) is 20.0 Å². The van der Waals surface area contributed by atoms with Crippen LogP contribution in [-0.2, 0) is 0 Å². The zero-order chi connectivity index (χ0) is 20.4. The van der Waals surface area contributed by atoms with Crippen molar-refractivity contribution < 1.29 is 15.6 Å². The summed E-state index contributed by atoms with van der Waals surface area (Å²) in [4.78, 5) is 4.61. The molecule has 2 atom stereocenters. The number of β-amino-alcohol motifs (C(OH)–C–C–N with tert-alkyl or cyclic N) is 1. The molecular weight excluding hydrogens is 368 g/mol. The molecular formula is C21H27N6O2+. The highest BCUT2D eigenvalue weighted by Gasteiger charge is 2.40. The molecule has 2 unspecified atom stereocenters. The average molecular weight is 395 g/mol. The number of likely N-dealkylation sites (tertiary alicyclic amines) is 1.